The molecular formula is C26H38O2. The second kappa shape index (κ2) is 7.50. The Bertz CT molecular complexity index is 666. The minimum absolute atomic E-state index is 0.00534. The standard InChI is InChI=1S/C26H38O2/c1-5-25(3,16-18(2)21-9-7-6-8-10-21)17-24(27)28-26(4)22-12-19-11-20(14-22)15-23(26)13-19/h6-10,18-20,22-23H,5,11-17H2,1-4H3. The quantitative estimate of drug-likeness (QED) is 0.488. The van der Waals surface area contributed by atoms with E-state index in [1.54, 1.807) is 0 Å². The molecule has 0 saturated heterocycles. The van der Waals surface area contributed by atoms with Gasteiger partial charge in [-0.2, -0.15) is 0 Å². The van der Waals surface area contributed by atoms with Crippen molar-refractivity contribution in [2.75, 3.05) is 0 Å². The van der Waals surface area contributed by atoms with Crippen LogP contribution in [0.1, 0.15) is 90.5 Å². The average molecular weight is 383 g/mol. The molecule has 1 aromatic rings. The summed E-state index contributed by atoms with van der Waals surface area (Å²) in [7, 11) is 0. The molecule has 4 fully saturated rings. The zero-order valence-electron chi connectivity index (χ0n) is 18.2. The van der Waals surface area contributed by atoms with Crippen LogP contribution in [0.3, 0.4) is 0 Å². The maximum atomic E-state index is 13.1. The Labute approximate surface area is 171 Å². The Balaban J connectivity index is 1.40. The van der Waals surface area contributed by atoms with Gasteiger partial charge in [0.1, 0.15) is 5.60 Å². The summed E-state index contributed by atoms with van der Waals surface area (Å²) in [6, 6.07) is 10.7. The first-order chi connectivity index (χ1) is 13.3. The zero-order valence-corrected chi connectivity index (χ0v) is 18.2. The normalized spacial score (nSPS) is 36.7. The maximum Gasteiger partial charge on any atom is 0.306 e. The highest BCUT2D eigenvalue weighted by Gasteiger charge is 2.57. The predicted molar refractivity (Wildman–Crippen MR) is 114 cm³/mol. The molecule has 4 bridgehead atoms. The molecule has 4 aliphatic carbocycles. The van der Waals surface area contributed by atoms with E-state index in [-0.39, 0.29) is 17.0 Å². The summed E-state index contributed by atoms with van der Waals surface area (Å²) in [6.45, 7) is 9.03. The zero-order chi connectivity index (χ0) is 19.9. The maximum absolute atomic E-state index is 13.1. The molecular weight excluding hydrogens is 344 g/mol. The molecule has 0 N–H and O–H groups in total. The van der Waals surface area contributed by atoms with Crippen LogP contribution < -0.4 is 0 Å². The van der Waals surface area contributed by atoms with Gasteiger partial charge < -0.3 is 4.74 Å². The average Bonchev–Trinajstić information content (AvgIpc) is 2.66. The fourth-order valence-electron chi connectivity index (χ4n) is 6.90. The molecule has 1 aromatic carbocycles. The lowest BCUT2D eigenvalue weighted by Crippen LogP contribution is -2.58. The van der Waals surface area contributed by atoms with Gasteiger partial charge in [0, 0.05) is 0 Å². The van der Waals surface area contributed by atoms with Gasteiger partial charge in [-0.05, 0) is 86.0 Å². The second-order valence-corrected chi connectivity index (χ2v) is 10.8. The summed E-state index contributed by atoms with van der Waals surface area (Å²) >= 11 is 0. The van der Waals surface area contributed by atoms with Crippen LogP contribution in [0.15, 0.2) is 30.3 Å². The minimum atomic E-state index is -0.204. The highest BCUT2D eigenvalue weighted by molar-refractivity contribution is 5.71. The molecule has 4 saturated carbocycles. The number of benzene rings is 1. The molecule has 0 aromatic heterocycles. The third-order valence-corrected chi connectivity index (χ3v) is 8.69. The van der Waals surface area contributed by atoms with Crippen LogP contribution in [0.25, 0.3) is 0 Å². The molecule has 28 heavy (non-hydrogen) atoms. The van der Waals surface area contributed by atoms with Gasteiger partial charge in [-0.3, -0.25) is 4.79 Å². The van der Waals surface area contributed by atoms with E-state index in [0.717, 1.165) is 24.7 Å². The SMILES string of the molecule is CCC(C)(CC(=O)OC1(C)C2CC3CC(C2)CC1C3)CC(C)c1ccccc1. The molecule has 5 rings (SSSR count). The number of carbonyl (C=O) groups is 1. The number of ether oxygens (including phenoxy) is 1. The first-order valence-electron chi connectivity index (χ1n) is 11.6. The molecule has 0 spiro atoms. The van der Waals surface area contributed by atoms with Crippen molar-refractivity contribution >= 4 is 5.97 Å². The van der Waals surface area contributed by atoms with Gasteiger partial charge in [0.05, 0.1) is 6.42 Å². The third-order valence-electron chi connectivity index (χ3n) is 8.69. The molecule has 4 aliphatic rings. The molecule has 2 unspecified atom stereocenters. The van der Waals surface area contributed by atoms with Crippen molar-refractivity contribution < 1.29 is 9.53 Å². The van der Waals surface area contributed by atoms with E-state index in [1.807, 2.05) is 0 Å². The predicted octanol–water partition coefficient (Wildman–Crippen LogP) is 6.74. The molecule has 0 heterocycles. The number of hydrogen-bond donors (Lipinski definition) is 0. The molecule has 0 radical (unpaired) electrons. The highest BCUT2D eigenvalue weighted by atomic mass is 16.6. The molecule has 2 heteroatoms. The Morgan fingerprint density at radius 2 is 1.68 bits per heavy atom. The summed E-state index contributed by atoms with van der Waals surface area (Å²) < 4.78 is 6.36. The summed E-state index contributed by atoms with van der Waals surface area (Å²) in [5.74, 6) is 3.51. The lowest BCUT2D eigenvalue weighted by Gasteiger charge is -2.59. The Hall–Kier alpha value is -1.31. The largest absolute Gasteiger partial charge is 0.459 e. The van der Waals surface area contributed by atoms with E-state index in [1.165, 1.54) is 37.7 Å². The van der Waals surface area contributed by atoms with Crippen molar-refractivity contribution in [2.24, 2.45) is 29.1 Å². The monoisotopic (exact) mass is 382 g/mol. The van der Waals surface area contributed by atoms with Crippen LogP contribution >= 0.6 is 0 Å². The number of carbonyl (C=O) groups excluding carboxylic acids is 1. The van der Waals surface area contributed by atoms with Crippen LogP contribution in [0, 0.1) is 29.1 Å². The van der Waals surface area contributed by atoms with E-state index in [0.29, 0.717) is 24.2 Å². The van der Waals surface area contributed by atoms with Gasteiger partial charge in [0.15, 0.2) is 0 Å². The van der Waals surface area contributed by atoms with Gasteiger partial charge >= 0.3 is 5.97 Å². The summed E-state index contributed by atoms with van der Waals surface area (Å²) in [4.78, 5) is 13.1. The van der Waals surface area contributed by atoms with Crippen molar-refractivity contribution in [3.8, 4) is 0 Å². The number of esters is 1. The Morgan fingerprint density at radius 3 is 2.21 bits per heavy atom. The van der Waals surface area contributed by atoms with Gasteiger partial charge in [-0.1, -0.05) is 57.5 Å². The van der Waals surface area contributed by atoms with Crippen LogP contribution in [-0.4, -0.2) is 11.6 Å². The first-order valence-corrected chi connectivity index (χ1v) is 11.6. The second-order valence-electron chi connectivity index (χ2n) is 10.8. The van der Waals surface area contributed by atoms with E-state index in [9.17, 15) is 4.79 Å². The van der Waals surface area contributed by atoms with Crippen molar-refractivity contribution in [1.82, 2.24) is 0 Å². The Kier molecular flexibility index (Phi) is 5.35. The van der Waals surface area contributed by atoms with E-state index >= 15 is 0 Å². The lowest BCUT2D eigenvalue weighted by atomic mass is 9.50. The highest BCUT2D eigenvalue weighted by Crippen LogP contribution is 2.59. The van der Waals surface area contributed by atoms with Gasteiger partial charge in [0.25, 0.3) is 0 Å². The molecule has 154 valence electrons. The van der Waals surface area contributed by atoms with E-state index in [4.69, 9.17) is 4.74 Å². The summed E-state index contributed by atoms with van der Waals surface area (Å²) in [6.07, 6.45) is 9.15. The van der Waals surface area contributed by atoms with E-state index < -0.39 is 0 Å². The van der Waals surface area contributed by atoms with Crippen LogP contribution in [-0.2, 0) is 9.53 Å². The van der Waals surface area contributed by atoms with Gasteiger partial charge in [0.2, 0.25) is 0 Å². The van der Waals surface area contributed by atoms with Crippen LogP contribution in [0.2, 0.25) is 0 Å². The fraction of sp³-hybridized carbons (Fsp3) is 0.731. The van der Waals surface area contributed by atoms with Crippen molar-refractivity contribution in [3.63, 3.8) is 0 Å². The number of hydrogen-bond acceptors (Lipinski definition) is 2. The van der Waals surface area contributed by atoms with Crippen LogP contribution in [0.4, 0.5) is 0 Å². The van der Waals surface area contributed by atoms with Crippen LogP contribution in [0.5, 0.6) is 0 Å². The topological polar surface area (TPSA) is 26.3 Å². The smallest absolute Gasteiger partial charge is 0.306 e. The summed E-state index contributed by atoms with van der Waals surface area (Å²) in [5, 5.41) is 0. The van der Waals surface area contributed by atoms with Crippen molar-refractivity contribution in [3.05, 3.63) is 35.9 Å². The van der Waals surface area contributed by atoms with E-state index in [2.05, 4.69) is 58.0 Å². The third kappa shape index (κ3) is 3.76. The van der Waals surface area contributed by atoms with Crippen molar-refractivity contribution in [2.45, 2.75) is 90.6 Å². The van der Waals surface area contributed by atoms with Gasteiger partial charge in [-0.25, -0.2) is 0 Å². The molecule has 2 atom stereocenters. The van der Waals surface area contributed by atoms with Crippen molar-refractivity contribution in [1.29, 1.82) is 0 Å². The minimum Gasteiger partial charge on any atom is -0.459 e. The molecule has 2 nitrogen and oxygen atoms in total. The summed E-state index contributed by atoms with van der Waals surface area (Å²) in [5.41, 5.74) is 1.15. The Morgan fingerprint density at radius 1 is 1.11 bits per heavy atom. The molecule has 0 amide bonds. The fourth-order valence-corrected chi connectivity index (χ4v) is 6.90. The molecule has 0 aliphatic heterocycles. The lowest BCUT2D eigenvalue weighted by molar-refractivity contribution is -0.205. The first kappa shape index (κ1) is 20.0. The van der Waals surface area contributed by atoms with Gasteiger partial charge in [-0.15, -0.1) is 0 Å². The number of rotatable bonds is 7.